The van der Waals surface area contributed by atoms with Gasteiger partial charge in [-0.15, -0.1) is 0 Å². The van der Waals surface area contributed by atoms with E-state index in [2.05, 4.69) is 5.32 Å². The highest BCUT2D eigenvalue weighted by Crippen LogP contribution is 2.33. The van der Waals surface area contributed by atoms with Crippen LogP contribution in [0.25, 0.3) is 0 Å². The zero-order valence-corrected chi connectivity index (χ0v) is 18.0. The molecule has 0 bridgehead atoms. The maximum Gasteiger partial charge on any atom is 0.410 e. The molecule has 1 aromatic carbocycles. The number of amides is 2. The standard InChI is InChI=1S/C22H32N2O5/c1-21(2,3)29-20(26)24(5)18-12-16(13-18)19(25)23-14-15-6-8-17(9-7-15)22(4)27-10-11-28-22/h6-9,16,18H,10-14H2,1-5H3,(H,23,25). The van der Waals surface area contributed by atoms with Crippen molar-refractivity contribution in [2.24, 2.45) is 5.92 Å². The maximum absolute atomic E-state index is 12.4. The van der Waals surface area contributed by atoms with Gasteiger partial charge in [0.25, 0.3) is 0 Å². The highest BCUT2D eigenvalue weighted by Gasteiger charge is 2.39. The van der Waals surface area contributed by atoms with E-state index in [0.717, 1.165) is 11.1 Å². The molecule has 1 aliphatic heterocycles. The highest BCUT2D eigenvalue weighted by atomic mass is 16.7. The van der Waals surface area contributed by atoms with Crippen LogP contribution >= 0.6 is 0 Å². The number of nitrogens with zero attached hydrogens (tertiary/aromatic N) is 1. The van der Waals surface area contributed by atoms with E-state index in [1.54, 1.807) is 11.9 Å². The van der Waals surface area contributed by atoms with Crippen molar-refractivity contribution in [1.29, 1.82) is 0 Å². The van der Waals surface area contributed by atoms with Crippen molar-refractivity contribution in [2.75, 3.05) is 20.3 Å². The fraction of sp³-hybridized carbons (Fsp3) is 0.636. The second-order valence-electron chi connectivity index (χ2n) is 8.97. The Bertz CT molecular complexity index is 729. The molecule has 1 saturated carbocycles. The molecular weight excluding hydrogens is 372 g/mol. The maximum atomic E-state index is 12.4. The number of rotatable bonds is 5. The van der Waals surface area contributed by atoms with E-state index >= 15 is 0 Å². The van der Waals surface area contributed by atoms with E-state index in [1.165, 1.54) is 0 Å². The summed E-state index contributed by atoms with van der Waals surface area (Å²) in [5, 5.41) is 2.99. The van der Waals surface area contributed by atoms with Crippen LogP contribution in [0.3, 0.4) is 0 Å². The molecule has 1 N–H and O–H groups in total. The number of ether oxygens (including phenoxy) is 3. The fourth-order valence-electron chi connectivity index (χ4n) is 3.54. The third-order valence-corrected chi connectivity index (χ3v) is 5.50. The Morgan fingerprint density at radius 2 is 1.76 bits per heavy atom. The Balaban J connectivity index is 1.42. The molecule has 7 heteroatoms. The average molecular weight is 405 g/mol. The molecule has 0 unspecified atom stereocenters. The first-order chi connectivity index (χ1) is 13.6. The predicted molar refractivity (Wildman–Crippen MR) is 108 cm³/mol. The van der Waals surface area contributed by atoms with Gasteiger partial charge in [0.2, 0.25) is 5.91 Å². The Kier molecular flexibility index (Phi) is 6.19. The molecule has 0 spiro atoms. The summed E-state index contributed by atoms with van der Waals surface area (Å²) in [6.07, 6.45) is 0.978. The molecule has 1 aromatic rings. The lowest BCUT2D eigenvalue weighted by molar-refractivity contribution is -0.149. The van der Waals surface area contributed by atoms with Crippen molar-refractivity contribution in [3.8, 4) is 0 Å². The lowest BCUT2D eigenvalue weighted by atomic mass is 9.79. The normalized spacial score (nSPS) is 23.2. The van der Waals surface area contributed by atoms with Gasteiger partial charge in [-0.05, 0) is 46.1 Å². The van der Waals surface area contributed by atoms with Gasteiger partial charge >= 0.3 is 6.09 Å². The summed E-state index contributed by atoms with van der Waals surface area (Å²) in [5.74, 6) is -0.719. The van der Waals surface area contributed by atoms with Crippen LogP contribution in [0.1, 0.15) is 51.7 Å². The SMILES string of the molecule is CN(C(=O)OC(C)(C)C)C1CC(C(=O)NCc2ccc(C3(C)OCCO3)cc2)C1. The average Bonchev–Trinajstić information content (AvgIpc) is 3.05. The molecule has 0 radical (unpaired) electrons. The summed E-state index contributed by atoms with van der Waals surface area (Å²) in [7, 11) is 1.73. The van der Waals surface area contributed by atoms with Crippen LogP contribution < -0.4 is 5.32 Å². The monoisotopic (exact) mass is 404 g/mol. The lowest BCUT2D eigenvalue weighted by Gasteiger charge is -2.40. The van der Waals surface area contributed by atoms with Crippen LogP contribution in [0.4, 0.5) is 4.79 Å². The third kappa shape index (κ3) is 5.28. The van der Waals surface area contributed by atoms with Crippen molar-refractivity contribution >= 4 is 12.0 Å². The molecule has 2 fully saturated rings. The fourth-order valence-corrected chi connectivity index (χ4v) is 3.54. The quantitative estimate of drug-likeness (QED) is 0.816. The van der Waals surface area contributed by atoms with E-state index in [1.807, 2.05) is 52.0 Å². The van der Waals surface area contributed by atoms with E-state index in [4.69, 9.17) is 14.2 Å². The van der Waals surface area contributed by atoms with Gasteiger partial charge in [-0.3, -0.25) is 4.79 Å². The molecule has 29 heavy (non-hydrogen) atoms. The van der Waals surface area contributed by atoms with Crippen LogP contribution in [0.15, 0.2) is 24.3 Å². The Morgan fingerprint density at radius 3 is 2.31 bits per heavy atom. The van der Waals surface area contributed by atoms with Crippen molar-refractivity contribution in [1.82, 2.24) is 10.2 Å². The zero-order valence-electron chi connectivity index (χ0n) is 18.0. The van der Waals surface area contributed by atoms with Gasteiger partial charge in [0, 0.05) is 31.1 Å². The number of hydrogen-bond donors (Lipinski definition) is 1. The summed E-state index contributed by atoms with van der Waals surface area (Å²) in [6.45, 7) is 9.11. The topological polar surface area (TPSA) is 77.1 Å². The lowest BCUT2D eigenvalue weighted by Crippen LogP contribution is -2.51. The van der Waals surface area contributed by atoms with Gasteiger partial charge in [-0.25, -0.2) is 4.79 Å². The van der Waals surface area contributed by atoms with Gasteiger partial charge in [-0.1, -0.05) is 24.3 Å². The number of carbonyl (C=O) groups is 2. The summed E-state index contributed by atoms with van der Waals surface area (Å²) in [4.78, 5) is 26.1. The molecule has 1 heterocycles. The highest BCUT2D eigenvalue weighted by molar-refractivity contribution is 5.80. The minimum atomic E-state index is -0.678. The van der Waals surface area contributed by atoms with Gasteiger partial charge in [0.15, 0.2) is 5.79 Å². The smallest absolute Gasteiger partial charge is 0.410 e. The first kappa shape index (κ1) is 21.6. The van der Waals surface area contributed by atoms with Gasteiger partial charge in [-0.2, -0.15) is 0 Å². The molecule has 0 aromatic heterocycles. The minimum Gasteiger partial charge on any atom is -0.444 e. The first-order valence-electron chi connectivity index (χ1n) is 10.2. The molecular formula is C22H32N2O5. The van der Waals surface area contributed by atoms with Crippen LogP contribution in [0, 0.1) is 5.92 Å². The van der Waals surface area contributed by atoms with Gasteiger partial charge in [0.05, 0.1) is 13.2 Å². The second kappa shape index (κ2) is 8.32. The van der Waals surface area contributed by atoms with Crippen LogP contribution in [-0.4, -0.2) is 48.8 Å². The second-order valence-corrected chi connectivity index (χ2v) is 8.97. The van der Waals surface area contributed by atoms with E-state index in [0.29, 0.717) is 32.6 Å². The minimum absolute atomic E-state index is 0.0253. The van der Waals surface area contributed by atoms with E-state index in [9.17, 15) is 9.59 Å². The Labute approximate surface area is 172 Å². The van der Waals surface area contributed by atoms with Crippen LogP contribution in [0.2, 0.25) is 0 Å². The molecule has 7 nitrogen and oxygen atoms in total. The van der Waals surface area contributed by atoms with Crippen molar-refractivity contribution in [2.45, 2.75) is 64.5 Å². The molecule has 1 saturated heterocycles. The number of benzene rings is 1. The summed E-state index contributed by atoms with van der Waals surface area (Å²) >= 11 is 0. The zero-order chi connectivity index (χ0) is 21.2. The largest absolute Gasteiger partial charge is 0.444 e. The van der Waals surface area contributed by atoms with Crippen LogP contribution in [0.5, 0.6) is 0 Å². The van der Waals surface area contributed by atoms with Gasteiger partial charge < -0.3 is 24.4 Å². The van der Waals surface area contributed by atoms with E-state index < -0.39 is 11.4 Å². The molecule has 2 aliphatic rings. The molecule has 0 atom stereocenters. The summed E-state index contributed by atoms with van der Waals surface area (Å²) < 4.78 is 16.7. The molecule has 160 valence electrons. The molecule has 1 aliphatic carbocycles. The number of nitrogens with one attached hydrogen (secondary N) is 1. The third-order valence-electron chi connectivity index (χ3n) is 5.50. The van der Waals surface area contributed by atoms with Crippen molar-refractivity contribution in [3.63, 3.8) is 0 Å². The molecule has 2 amide bonds. The predicted octanol–water partition coefficient (Wildman–Crippen LogP) is 3.17. The first-order valence-corrected chi connectivity index (χ1v) is 10.2. The van der Waals surface area contributed by atoms with E-state index in [-0.39, 0.29) is 24.0 Å². The summed E-state index contributed by atoms with van der Waals surface area (Å²) in [5.41, 5.74) is 1.47. The van der Waals surface area contributed by atoms with Gasteiger partial charge in [0.1, 0.15) is 5.60 Å². The Morgan fingerprint density at radius 1 is 1.17 bits per heavy atom. The van der Waals surface area contributed by atoms with Crippen molar-refractivity contribution in [3.05, 3.63) is 35.4 Å². The number of hydrogen-bond acceptors (Lipinski definition) is 5. The van der Waals surface area contributed by atoms with Crippen LogP contribution in [-0.2, 0) is 31.3 Å². The summed E-state index contributed by atoms with van der Waals surface area (Å²) in [6, 6.07) is 7.95. The molecule has 3 rings (SSSR count). The Hall–Kier alpha value is -2.12. The number of carbonyl (C=O) groups excluding carboxylic acids is 2. The van der Waals surface area contributed by atoms with Crippen molar-refractivity contribution < 1.29 is 23.8 Å².